The molecule has 4 heteroatoms. The SMILES string of the molecule is CN1CCC(NCC2(c3ccccc3)NO2)CC1. The predicted octanol–water partition coefficient (Wildman–Crippen LogP) is 1.06. The van der Waals surface area contributed by atoms with Crippen LogP contribution in [0.1, 0.15) is 18.4 Å². The van der Waals surface area contributed by atoms with Crippen molar-refractivity contribution >= 4 is 0 Å². The van der Waals surface area contributed by atoms with Gasteiger partial charge in [0.05, 0.1) is 0 Å². The fraction of sp³-hybridized carbons (Fsp3) is 0.571. The minimum absolute atomic E-state index is 0.287. The number of nitrogens with zero attached hydrogens (tertiary/aromatic N) is 1. The smallest absolute Gasteiger partial charge is 0.199 e. The molecule has 18 heavy (non-hydrogen) atoms. The Bertz CT molecular complexity index is 383. The lowest BCUT2D eigenvalue weighted by molar-refractivity contribution is 0.217. The van der Waals surface area contributed by atoms with Crippen molar-refractivity contribution < 1.29 is 4.84 Å². The second kappa shape index (κ2) is 4.97. The lowest BCUT2D eigenvalue weighted by Gasteiger charge is -2.30. The molecule has 2 heterocycles. The largest absolute Gasteiger partial charge is 0.309 e. The van der Waals surface area contributed by atoms with Crippen LogP contribution in [0.2, 0.25) is 0 Å². The standard InChI is InChI=1S/C14H21N3O/c1-17-9-7-13(8-10-17)15-11-14(16-18-14)12-5-3-2-4-6-12/h2-6,13,15-16H,7-11H2,1H3. The lowest BCUT2D eigenvalue weighted by atomic mass is 10.0. The zero-order valence-electron chi connectivity index (χ0n) is 10.9. The number of rotatable bonds is 4. The van der Waals surface area contributed by atoms with Gasteiger partial charge in [0.25, 0.3) is 0 Å². The van der Waals surface area contributed by atoms with Gasteiger partial charge in [0, 0.05) is 18.2 Å². The Morgan fingerprint density at radius 1 is 1.33 bits per heavy atom. The molecule has 3 rings (SSSR count). The first kappa shape index (κ1) is 12.1. The van der Waals surface area contributed by atoms with E-state index < -0.39 is 0 Å². The van der Waals surface area contributed by atoms with Crippen molar-refractivity contribution in [3.63, 3.8) is 0 Å². The van der Waals surface area contributed by atoms with Gasteiger partial charge in [-0.15, -0.1) is 0 Å². The summed E-state index contributed by atoms with van der Waals surface area (Å²) in [6.07, 6.45) is 2.45. The number of nitrogens with one attached hydrogen (secondary N) is 2. The van der Waals surface area contributed by atoms with Gasteiger partial charge >= 0.3 is 0 Å². The number of hydrogen-bond donors (Lipinski definition) is 2. The minimum atomic E-state index is -0.287. The van der Waals surface area contributed by atoms with Crippen LogP contribution in [0.25, 0.3) is 0 Å². The van der Waals surface area contributed by atoms with E-state index in [0.29, 0.717) is 6.04 Å². The number of benzene rings is 1. The topological polar surface area (TPSA) is 49.7 Å². The van der Waals surface area contributed by atoms with Gasteiger partial charge in [0.2, 0.25) is 0 Å². The van der Waals surface area contributed by atoms with Crippen LogP contribution in [0.4, 0.5) is 0 Å². The molecule has 0 amide bonds. The molecule has 0 radical (unpaired) electrons. The van der Waals surface area contributed by atoms with Crippen LogP contribution in [-0.4, -0.2) is 37.6 Å². The van der Waals surface area contributed by atoms with Crippen molar-refractivity contribution in [1.82, 2.24) is 15.7 Å². The third-order valence-electron chi connectivity index (χ3n) is 3.95. The molecule has 2 aliphatic rings. The number of hydroxylamine groups is 1. The van der Waals surface area contributed by atoms with Crippen LogP contribution in [0.5, 0.6) is 0 Å². The molecule has 1 aromatic carbocycles. The third-order valence-corrected chi connectivity index (χ3v) is 3.95. The van der Waals surface area contributed by atoms with Crippen LogP contribution >= 0.6 is 0 Å². The number of hydrogen-bond acceptors (Lipinski definition) is 4. The van der Waals surface area contributed by atoms with Gasteiger partial charge in [-0.25, -0.2) is 0 Å². The second-order valence-corrected chi connectivity index (χ2v) is 5.36. The summed E-state index contributed by atoms with van der Waals surface area (Å²) >= 11 is 0. The van der Waals surface area contributed by atoms with Gasteiger partial charge in [-0.05, 0) is 33.0 Å². The van der Waals surface area contributed by atoms with Crippen molar-refractivity contribution in [1.29, 1.82) is 0 Å². The van der Waals surface area contributed by atoms with Crippen molar-refractivity contribution in [2.24, 2.45) is 0 Å². The molecule has 0 bridgehead atoms. The molecule has 0 aliphatic carbocycles. The predicted molar refractivity (Wildman–Crippen MR) is 70.9 cm³/mol. The summed E-state index contributed by atoms with van der Waals surface area (Å²) in [7, 11) is 2.19. The van der Waals surface area contributed by atoms with Gasteiger partial charge in [0.15, 0.2) is 5.72 Å². The summed E-state index contributed by atoms with van der Waals surface area (Å²) in [5.74, 6) is 0. The van der Waals surface area contributed by atoms with E-state index in [0.717, 1.165) is 6.54 Å². The van der Waals surface area contributed by atoms with Crippen LogP contribution in [0.3, 0.4) is 0 Å². The molecule has 1 aromatic rings. The van der Waals surface area contributed by atoms with Gasteiger partial charge in [0.1, 0.15) is 0 Å². The Kier molecular flexibility index (Phi) is 3.35. The Morgan fingerprint density at radius 3 is 2.61 bits per heavy atom. The van der Waals surface area contributed by atoms with E-state index in [4.69, 9.17) is 4.84 Å². The molecule has 2 saturated heterocycles. The molecule has 2 aliphatic heterocycles. The van der Waals surface area contributed by atoms with E-state index in [1.54, 1.807) is 0 Å². The molecule has 1 unspecified atom stereocenters. The van der Waals surface area contributed by atoms with Crippen LogP contribution in [0.15, 0.2) is 30.3 Å². The van der Waals surface area contributed by atoms with Crippen molar-refractivity contribution in [3.05, 3.63) is 35.9 Å². The first-order chi connectivity index (χ1) is 8.78. The van der Waals surface area contributed by atoms with E-state index in [1.165, 1.54) is 31.5 Å². The summed E-state index contributed by atoms with van der Waals surface area (Å²) < 4.78 is 0. The summed E-state index contributed by atoms with van der Waals surface area (Å²) in [5.41, 5.74) is 3.95. The fourth-order valence-corrected chi connectivity index (χ4v) is 2.56. The highest BCUT2D eigenvalue weighted by atomic mass is 16.8. The zero-order chi connectivity index (χ0) is 12.4. The monoisotopic (exact) mass is 247 g/mol. The van der Waals surface area contributed by atoms with Gasteiger partial charge < -0.3 is 10.2 Å². The van der Waals surface area contributed by atoms with Gasteiger partial charge in [-0.1, -0.05) is 30.3 Å². The van der Waals surface area contributed by atoms with E-state index >= 15 is 0 Å². The molecule has 4 nitrogen and oxygen atoms in total. The number of piperidine rings is 1. The fourth-order valence-electron chi connectivity index (χ4n) is 2.56. The zero-order valence-corrected chi connectivity index (χ0v) is 10.9. The molecule has 0 spiro atoms. The molecule has 2 fully saturated rings. The Hall–Kier alpha value is -0.940. The first-order valence-corrected chi connectivity index (χ1v) is 6.71. The molecular formula is C14H21N3O. The van der Waals surface area contributed by atoms with Crippen molar-refractivity contribution in [3.8, 4) is 0 Å². The number of likely N-dealkylation sites (tertiary alicyclic amines) is 1. The summed E-state index contributed by atoms with van der Waals surface area (Å²) in [4.78, 5) is 7.86. The first-order valence-electron chi connectivity index (χ1n) is 6.71. The molecule has 0 aromatic heterocycles. The maximum absolute atomic E-state index is 5.47. The molecule has 2 N–H and O–H groups in total. The van der Waals surface area contributed by atoms with E-state index in [1.807, 2.05) is 6.07 Å². The second-order valence-electron chi connectivity index (χ2n) is 5.36. The van der Waals surface area contributed by atoms with Crippen LogP contribution in [-0.2, 0) is 10.6 Å². The lowest BCUT2D eigenvalue weighted by Crippen LogP contribution is -2.44. The van der Waals surface area contributed by atoms with E-state index in [-0.39, 0.29) is 5.72 Å². The average Bonchev–Trinajstić information content (AvgIpc) is 3.20. The Morgan fingerprint density at radius 2 is 2.00 bits per heavy atom. The molecule has 1 atom stereocenters. The summed E-state index contributed by atoms with van der Waals surface area (Å²) in [6, 6.07) is 11.0. The average molecular weight is 247 g/mol. The molecule has 98 valence electrons. The highest BCUT2D eigenvalue weighted by Gasteiger charge is 2.46. The minimum Gasteiger partial charge on any atom is -0.309 e. The van der Waals surface area contributed by atoms with Gasteiger partial charge in [-0.2, -0.15) is 5.48 Å². The quantitative estimate of drug-likeness (QED) is 0.781. The third kappa shape index (κ3) is 2.57. The van der Waals surface area contributed by atoms with Crippen molar-refractivity contribution in [2.45, 2.75) is 24.6 Å². The van der Waals surface area contributed by atoms with Gasteiger partial charge in [-0.3, -0.25) is 4.84 Å². The molecular weight excluding hydrogens is 226 g/mol. The van der Waals surface area contributed by atoms with Crippen LogP contribution < -0.4 is 10.8 Å². The van der Waals surface area contributed by atoms with E-state index in [9.17, 15) is 0 Å². The summed E-state index contributed by atoms with van der Waals surface area (Å²) in [5, 5.41) is 3.63. The highest BCUT2D eigenvalue weighted by Crippen LogP contribution is 2.31. The summed E-state index contributed by atoms with van der Waals surface area (Å²) in [6.45, 7) is 3.21. The molecule has 0 saturated carbocycles. The maximum Gasteiger partial charge on any atom is 0.199 e. The Balaban J connectivity index is 1.54. The Labute approximate surface area is 108 Å². The van der Waals surface area contributed by atoms with Crippen LogP contribution in [0, 0.1) is 0 Å². The maximum atomic E-state index is 5.47. The normalized spacial score (nSPS) is 29.4. The van der Waals surface area contributed by atoms with E-state index in [2.05, 4.69) is 47.0 Å². The van der Waals surface area contributed by atoms with Crippen molar-refractivity contribution in [2.75, 3.05) is 26.7 Å². The highest BCUT2D eigenvalue weighted by molar-refractivity contribution is 5.24.